The lowest BCUT2D eigenvalue weighted by Crippen LogP contribution is -2.48. The van der Waals surface area contributed by atoms with Crippen LogP contribution in [0.1, 0.15) is 29.5 Å². The van der Waals surface area contributed by atoms with Crippen LogP contribution in [0.15, 0.2) is 12.1 Å². The molecule has 0 amide bonds. The third kappa shape index (κ3) is 3.03. The molecule has 1 fully saturated rings. The number of hydrogen-bond donors (Lipinski definition) is 1. The predicted molar refractivity (Wildman–Crippen MR) is 64.4 cm³/mol. The van der Waals surface area contributed by atoms with Crippen LogP contribution in [0.2, 0.25) is 0 Å². The number of rotatable bonds is 3. The monoisotopic (exact) mass is 225 g/mol. The van der Waals surface area contributed by atoms with Crippen molar-refractivity contribution in [2.24, 2.45) is 0 Å². The van der Waals surface area contributed by atoms with Crippen LogP contribution in [0, 0.1) is 6.92 Å². The Morgan fingerprint density at radius 2 is 2.40 bits per heavy atom. The lowest BCUT2D eigenvalue weighted by Gasteiger charge is -2.34. The van der Waals surface area contributed by atoms with Crippen molar-refractivity contribution in [1.82, 2.24) is 5.32 Å². The van der Waals surface area contributed by atoms with E-state index in [0.29, 0.717) is 0 Å². The Morgan fingerprint density at radius 1 is 1.53 bits per heavy atom. The van der Waals surface area contributed by atoms with E-state index < -0.39 is 0 Å². The van der Waals surface area contributed by atoms with Crippen molar-refractivity contribution >= 4 is 11.3 Å². The summed E-state index contributed by atoms with van der Waals surface area (Å²) in [5.41, 5.74) is 0.177. The normalized spacial score (nSPS) is 26.8. The van der Waals surface area contributed by atoms with Gasteiger partial charge in [-0.2, -0.15) is 0 Å². The quantitative estimate of drug-likeness (QED) is 0.854. The van der Waals surface area contributed by atoms with Crippen molar-refractivity contribution in [3.05, 3.63) is 21.9 Å². The maximum Gasteiger partial charge on any atom is 0.0645 e. The number of nitrogens with one attached hydrogen (secondary N) is 1. The summed E-state index contributed by atoms with van der Waals surface area (Å²) in [5.74, 6) is 0. The van der Waals surface area contributed by atoms with Crippen molar-refractivity contribution in [2.45, 2.75) is 38.8 Å². The largest absolute Gasteiger partial charge is 0.380 e. The highest BCUT2D eigenvalue weighted by atomic mass is 32.1. The summed E-state index contributed by atoms with van der Waals surface area (Å²) >= 11 is 1.87. The molecule has 0 aromatic carbocycles. The minimum atomic E-state index is 0.177. The van der Waals surface area contributed by atoms with Gasteiger partial charge in [0.1, 0.15) is 0 Å². The maximum atomic E-state index is 5.52. The van der Waals surface area contributed by atoms with Crippen LogP contribution >= 0.6 is 11.3 Å². The topological polar surface area (TPSA) is 21.3 Å². The van der Waals surface area contributed by atoms with Crippen molar-refractivity contribution in [2.75, 3.05) is 13.2 Å². The molecule has 1 N–H and O–H groups in total. The zero-order valence-electron chi connectivity index (χ0n) is 9.51. The second kappa shape index (κ2) is 4.64. The minimum Gasteiger partial charge on any atom is -0.380 e. The van der Waals surface area contributed by atoms with Gasteiger partial charge in [0.2, 0.25) is 0 Å². The molecule has 84 valence electrons. The number of ether oxygens (including phenoxy) is 1. The van der Waals surface area contributed by atoms with Gasteiger partial charge in [-0.25, -0.2) is 0 Å². The molecular weight excluding hydrogens is 206 g/mol. The van der Waals surface area contributed by atoms with Gasteiger partial charge in [0.25, 0.3) is 0 Å². The van der Waals surface area contributed by atoms with Gasteiger partial charge in [-0.3, -0.25) is 0 Å². The van der Waals surface area contributed by atoms with Crippen molar-refractivity contribution in [3.8, 4) is 0 Å². The number of hydrogen-bond acceptors (Lipinski definition) is 3. The fraction of sp³-hybridized carbons (Fsp3) is 0.667. The molecule has 1 unspecified atom stereocenters. The van der Waals surface area contributed by atoms with Crippen LogP contribution in [0.25, 0.3) is 0 Å². The number of aryl methyl sites for hydroxylation is 1. The first-order valence-corrected chi connectivity index (χ1v) is 6.38. The van der Waals surface area contributed by atoms with Gasteiger partial charge in [-0.1, -0.05) is 0 Å². The Labute approximate surface area is 95.6 Å². The van der Waals surface area contributed by atoms with Crippen LogP contribution in [-0.4, -0.2) is 18.8 Å². The maximum absolute atomic E-state index is 5.52. The molecule has 2 nitrogen and oxygen atoms in total. The van der Waals surface area contributed by atoms with Crippen LogP contribution in [0.5, 0.6) is 0 Å². The first-order valence-electron chi connectivity index (χ1n) is 5.56. The molecule has 15 heavy (non-hydrogen) atoms. The van der Waals surface area contributed by atoms with E-state index in [1.54, 1.807) is 0 Å². The highest BCUT2D eigenvalue weighted by molar-refractivity contribution is 7.11. The Balaban J connectivity index is 1.86. The van der Waals surface area contributed by atoms with Gasteiger partial charge >= 0.3 is 0 Å². The molecule has 3 heteroatoms. The van der Waals surface area contributed by atoms with E-state index in [2.05, 4.69) is 31.3 Å². The second-order valence-corrected chi connectivity index (χ2v) is 5.96. The van der Waals surface area contributed by atoms with Gasteiger partial charge in [0, 0.05) is 28.4 Å². The summed E-state index contributed by atoms with van der Waals surface area (Å²) in [5, 5.41) is 3.61. The van der Waals surface area contributed by atoms with Gasteiger partial charge in [-0.05, 0) is 38.8 Å². The number of thiophene rings is 1. The smallest absolute Gasteiger partial charge is 0.0645 e. The zero-order chi connectivity index (χ0) is 10.7. The molecule has 0 bridgehead atoms. The van der Waals surface area contributed by atoms with E-state index in [4.69, 9.17) is 4.74 Å². The zero-order valence-corrected chi connectivity index (χ0v) is 10.3. The highest BCUT2D eigenvalue weighted by Crippen LogP contribution is 2.21. The molecule has 1 atom stereocenters. The average Bonchev–Trinajstić information content (AvgIpc) is 2.63. The Hall–Kier alpha value is -0.380. The summed E-state index contributed by atoms with van der Waals surface area (Å²) < 4.78 is 5.52. The molecule has 1 aromatic heterocycles. The molecule has 1 aromatic rings. The fourth-order valence-corrected chi connectivity index (χ4v) is 2.78. The third-order valence-corrected chi connectivity index (χ3v) is 3.92. The SMILES string of the molecule is Cc1ccc(CNC2(C)CCCOC2)s1. The van der Waals surface area contributed by atoms with E-state index in [0.717, 1.165) is 19.8 Å². The molecule has 0 spiro atoms. The van der Waals surface area contributed by atoms with Crippen molar-refractivity contribution < 1.29 is 4.74 Å². The predicted octanol–water partition coefficient (Wildman–Crippen LogP) is 2.72. The molecule has 1 saturated heterocycles. The summed E-state index contributed by atoms with van der Waals surface area (Å²) in [6, 6.07) is 4.39. The Bertz CT molecular complexity index is 315. The van der Waals surface area contributed by atoms with Crippen molar-refractivity contribution in [3.63, 3.8) is 0 Å². The summed E-state index contributed by atoms with van der Waals surface area (Å²) in [6.45, 7) is 7.15. The first kappa shape index (κ1) is 11.1. The molecule has 0 saturated carbocycles. The van der Waals surface area contributed by atoms with Crippen LogP contribution in [0.3, 0.4) is 0 Å². The van der Waals surface area contributed by atoms with Gasteiger partial charge in [0.15, 0.2) is 0 Å². The Kier molecular flexibility index (Phi) is 3.44. The van der Waals surface area contributed by atoms with E-state index in [-0.39, 0.29) is 5.54 Å². The molecule has 1 aliphatic rings. The van der Waals surface area contributed by atoms with E-state index in [1.165, 1.54) is 22.6 Å². The van der Waals surface area contributed by atoms with Gasteiger partial charge in [-0.15, -0.1) is 11.3 Å². The molecule has 0 radical (unpaired) electrons. The highest BCUT2D eigenvalue weighted by Gasteiger charge is 2.26. The fourth-order valence-electron chi connectivity index (χ4n) is 1.95. The van der Waals surface area contributed by atoms with E-state index in [1.807, 2.05) is 11.3 Å². The Morgan fingerprint density at radius 3 is 3.00 bits per heavy atom. The second-order valence-electron chi connectivity index (χ2n) is 4.58. The average molecular weight is 225 g/mol. The van der Waals surface area contributed by atoms with Crippen LogP contribution < -0.4 is 5.32 Å². The van der Waals surface area contributed by atoms with Crippen LogP contribution in [0.4, 0.5) is 0 Å². The van der Waals surface area contributed by atoms with Crippen LogP contribution in [-0.2, 0) is 11.3 Å². The minimum absolute atomic E-state index is 0.177. The molecule has 2 rings (SSSR count). The molecule has 2 heterocycles. The van der Waals surface area contributed by atoms with E-state index in [9.17, 15) is 0 Å². The third-order valence-electron chi connectivity index (χ3n) is 2.92. The molecular formula is C12H19NOS. The standard InChI is InChI=1S/C12H19NOS/c1-10-4-5-11(15-10)8-13-12(2)6-3-7-14-9-12/h4-5,13H,3,6-9H2,1-2H3. The summed E-state index contributed by atoms with van der Waals surface area (Å²) in [6.07, 6.45) is 2.39. The molecule has 0 aliphatic carbocycles. The summed E-state index contributed by atoms with van der Waals surface area (Å²) in [4.78, 5) is 2.80. The van der Waals surface area contributed by atoms with Crippen molar-refractivity contribution in [1.29, 1.82) is 0 Å². The molecule has 1 aliphatic heterocycles. The van der Waals surface area contributed by atoms with E-state index >= 15 is 0 Å². The lowest BCUT2D eigenvalue weighted by molar-refractivity contribution is 0.0279. The van der Waals surface area contributed by atoms with Gasteiger partial charge in [0.05, 0.1) is 6.61 Å². The van der Waals surface area contributed by atoms with Gasteiger partial charge < -0.3 is 10.1 Å². The lowest BCUT2D eigenvalue weighted by atomic mass is 9.95. The first-order chi connectivity index (χ1) is 7.18. The summed E-state index contributed by atoms with van der Waals surface area (Å²) in [7, 11) is 0.